The number of esters is 1. The number of carbonyl (C=O) groups is 2. The number of rotatable bonds is 7. The van der Waals surface area contributed by atoms with Gasteiger partial charge in [0.05, 0.1) is 12.3 Å². The minimum atomic E-state index is -0.746. The van der Waals surface area contributed by atoms with Crippen molar-refractivity contribution in [3.8, 4) is 11.4 Å². The number of hydrogen-bond acceptors (Lipinski definition) is 8. The molecule has 1 aliphatic rings. The summed E-state index contributed by atoms with van der Waals surface area (Å²) in [6, 6.07) is 7.69. The van der Waals surface area contributed by atoms with Crippen LogP contribution >= 0.6 is 0 Å². The molecule has 0 spiro atoms. The summed E-state index contributed by atoms with van der Waals surface area (Å²) >= 11 is 0. The molecule has 190 valence electrons. The molecule has 0 unspecified atom stereocenters. The summed E-state index contributed by atoms with van der Waals surface area (Å²) in [5.74, 6) is -0.681. The molecule has 4 rings (SSSR count). The van der Waals surface area contributed by atoms with Crippen LogP contribution in [0.5, 0.6) is 0 Å². The number of aromatic amines is 1. The number of nitrogens with one attached hydrogen (secondary N) is 1. The number of nitrogens with zero attached hydrogens (tertiary/aromatic N) is 5. The van der Waals surface area contributed by atoms with Crippen LogP contribution in [-0.4, -0.2) is 56.2 Å². The average molecular weight is 497 g/mol. The van der Waals surface area contributed by atoms with Crippen LogP contribution in [0.3, 0.4) is 0 Å². The molecule has 36 heavy (non-hydrogen) atoms. The van der Waals surface area contributed by atoms with Crippen molar-refractivity contribution in [2.45, 2.75) is 58.0 Å². The zero-order chi connectivity index (χ0) is 25.9. The van der Waals surface area contributed by atoms with Crippen LogP contribution in [0, 0.1) is 5.82 Å². The molecule has 1 N–H and O–H groups in total. The van der Waals surface area contributed by atoms with Crippen molar-refractivity contribution in [2.75, 3.05) is 18.1 Å². The van der Waals surface area contributed by atoms with E-state index in [4.69, 9.17) is 9.47 Å². The number of carbonyl (C=O) groups excluding carboxylic acids is 2. The number of anilines is 1. The van der Waals surface area contributed by atoms with E-state index in [0.29, 0.717) is 29.9 Å². The van der Waals surface area contributed by atoms with Crippen LogP contribution in [0.15, 0.2) is 36.5 Å². The predicted octanol–water partition coefficient (Wildman–Crippen LogP) is 4.44. The molecule has 1 saturated carbocycles. The van der Waals surface area contributed by atoms with Gasteiger partial charge in [0, 0.05) is 24.2 Å². The van der Waals surface area contributed by atoms with E-state index in [1.54, 1.807) is 52.1 Å². The zero-order valence-corrected chi connectivity index (χ0v) is 20.7. The standard InChI is InChI=1S/C25H29FN6O4/c1-5-35-22(33)19-14-18(29-30-19)17-9-10-20(31-28-17)32(23(34)36-24(2,3)4)15-25(11-7-12-25)21-16(26)8-6-13-27-21/h6,8-10,13-14H,5,7,11-12,15H2,1-4H3,(H,29,30). The highest BCUT2D eigenvalue weighted by Gasteiger charge is 2.45. The van der Waals surface area contributed by atoms with Crippen LogP contribution in [0.1, 0.15) is 63.1 Å². The number of aromatic nitrogens is 5. The maximum Gasteiger partial charge on any atom is 0.416 e. The number of pyridine rings is 1. The molecular weight excluding hydrogens is 467 g/mol. The normalized spacial score (nSPS) is 14.6. The molecule has 1 amide bonds. The van der Waals surface area contributed by atoms with Crippen molar-refractivity contribution in [2.24, 2.45) is 0 Å². The van der Waals surface area contributed by atoms with E-state index in [0.717, 1.165) is 6.42 Å². The van der Waals surface area contributed by atoms with Crippen LogP contribution < -0.4 is 4.90 Å². The first-order valence-electron chi connectivity index (χ1n) is 11.8. The van der Waals surface area contributed by atoms with Gasteiger partial charge in [-0.2, -0.15) is 5.10 Å². The van der Waals surface area contributed by atoms with Gasteiger partial charge >= 0.3 is 12.1 Å². The van der Waals surface area contributed by atoms with Crippen molar-refractivity contribution < 1.29 is 23.5 Å². The minimum Gasteiger partial charge on any atom is -0.461 e. The second-order valence-corrected chi connectivity index (χ2v) is 9.70. The number of hydrogen-bond donors (Lipinski definition) is 1. The van der Waals surface area contributed by atoms with E-state index in [1.807, 2.05) is 0 Å². The summed E-state index contributed by atoms with van der Waals surface area (Å²) in [6.07, 6.45) is 3.19. The van der Waals surface area contributed by atoms with E-state index >= 15 is 0 Å². The van der Waals surface area contributed by atoms with Crippen LogP contribution in [0.2, 0.25) is 0 Å². The molecule has 0 atom stereocenters. The van der Waals surface area contributed by atoms with Gasteiger partial charge in [-0.1, -0.05) is 6.42 Å². The van der Waals surface area contributed by atoms with Gasteiger partial charge < -0.3 is 9.47 Å². The maximum absolute atomic E-state index is 14.7. The van der Waals surface area contributed by atoms with E-state index in [-0.39, 0.29) is 24.7 Å². The topological polar surface area (TPSA) is 123 Å². The van der Waals surface area contributed by atoms with Crippen LogP contribution in [0.25, 0.3) is 11.4 Å². The second kappa shape index (κ2) is 10.00. The highest BCUT2D eigenvalue weighted by atomic mass is 19.1. The molecule has 3 aromatic heterocycles. The Balaban J connectivity index is 1.63. The molecule has 0 saturated heterocycles. The lowest BCUT2D eigenvalue weighted by Crippen LogP contribution is -2.50. The summed E-state index contributed by atoms with van der Waals surface area (Å²) in [6.45, 7) is 7.41. The molecule has 10 nitrogen and oxygen atoms in total. The number of H-pyrrole nitrogens is 1. The van der Waals surface area contributed by atoms with Gasteiger partial charge in [0.1, 0.15) is 28.5 Å². The Hall–Kier alpha value is -3.89. The monoisotopic (exact) mass is 496 g/mol. The smallest absolute Gasteiger partial charge is 0.416 e. The Kier molecular flexibility index (Phi) is 7.00. The van der Waals surface area contributed by atoms with Gasteiger partial charge in [-0.05, 0) is 64.8 Å². The van der Waals surface area contributed by atoms with Gasteiger partial charge in [-0.3, -0.25) is 15.0 Å². The molecule has 3 heterocycles. The molecule has 1 fully saturated rings. The molecule has 3 aromatic rings. The molecule has 1 aliphatic carbocycles. The SMILES string of the molecule is CCOC(=O)c1cc(-c2ccc(N(CC3(c4ncccc4F)CCC3)C(=O)OC(C)(C)C)nn2)n[nH]1. The molecule has 0 aliphatic heterocycles. The van der Waals surface area contributed by atoms with Gasteiger partial charge in [0.15, 0.2) is 5.82 Å². The minimum absolute atomic E-state index is 0.138. The number of amides is 1. The highest BCUT2D eigenvalue weighted by molar-refractivity contribution is 5.89. The van der Waals surface area contributed by atoms with Crippen molar-refractivity contribution in [3.63, 3.8) is 0 Å². The highest BCUT2D eigenvalue weighted by Crippen LogP contribution is 2.45. The third-order valence-corrected chi connectivity index (χ3v) is 5.91. The van der Waals surface area contributed by atoms with Crippen molar-refractivity contribution in [1.29, 1.82) is 0 Å². The van der Waals surface area contributed by atoms with Gasteiger partial charge in [-0.25, -0.2) is 14.0 Å². The summed E-state index contributed by atoms with van der Waals surface area (Å²) in [4.78, 5) is 30.8. The first kappa shape index (κ1) is 25.2. The fourth-order valence-electron chi connectivity index (χ4n) is 4.08. The summed E-state index contributed by atoms with van der Waals surface area (Å²) < 4.78 is 25.3. The molecule has 0 bridgehead atoms. The first-order chi connectivity index (χ1) is 17.1. The Bertz CT molecular complexity index is 1230. The van der Waals surface area contributed by atoms with Gasteiger partial charge in [0.25, 0.3) is 0 Å². The van der Waals surface area contributed by atoms with Crippen molar-refractivity contribution >= 4 is 17.9 Å². The Labute approximate surface area is 208 Å². The fourth-order valence-corrected chi connectivity index (χ4v) is 4.08. The quantitative estimate of drug-likeness (QED) is 0.476. The van der Waals surface area contributed by atoms with E-state index < -0.39 is 28.9 Å². The van der Waals surface area contributed by atoms with Crippen LogP contribution in [0.4, 0.5) is 15.0 Å². The van der Waals surface area contributed by atoms with Gasteiger partial charge in [0.2, 0.25) is 0 Å². The lowest BCUT2D eigenvalue weighted by atomic mass is 9.66. The van der Waals surface area contributed by atoms with Gasteiger partial charge in [-0.15, -0.1) is 10.2 Å². The summed E-state index contributed by atoms with van der Waals surface area (Å²) in [5.41, 5.74) is -0.0885. The Morgan fingerprint density at radius 3 is 2.53 bits per heavy atom. The zero-order valence-electron chi connectivity index (χ0n) is 20.7. The fraction of sp³-hybridized carbons (Fsp3) is 0.440. The first-order valence-corrected chi connectivity index (χ1v) is 11.8. The lowest BCUT2D eigenvalue weighted by Gasteiger charge is -2.44. The second-order valence-electron chi connectivity index (χ2n) is 9.70. The Morgan fingerprint density at radius 1 is 1.17 bits per heavy atom. The lowest BCUT2D eigenvalue weighted by molar-refractivity contribution is 0.0517. The number of ether oxygens (including phenoxy) is 2. The molecular formula is C25H29FN6O4. The maximum atomic E-state index is 14.7. The predicted molar refractivity (Wildman–Crippen MR) is 129 cm³/mol. The summed E-state index contributed by atoms with van der Waals surface area (Å²) in [7, 11) is 0. The average Bonchev–Trinajstić information content (AvgIpc) is 3.29. The van der Waals surface area contributed by atoms with E-state index in [1.165, 1.54) is 17.0 Å². The van der Waals surface area contributed by atoms with Crippen LogP contribution in [-0.2, 0) is 14.9 Å². The third-order valence-electron chi connectivity index (χ3n) is 5.91. The van der Waals surface area contributed by atoms with Crippen molar-refractivity contribution in [3.05, 3.63) is 53.7 Å². The molecule has 0 aromatic carbocycles. The number of halogens is 1. The largest absolute Gasteiger partial charge is 0.461 e. The van der Waals surface area contributed by atoms with E-state index in [9.17, 15) is 14.0 Å². The third kappa shape index (κ3) is 5.34. The Morgan fingerprint density at radius 2 is 1.94 bits per heavy atom. The molecule has 0 radical (unpaired) electrons. The summed E-state index contributed by atoms with van der Waals surface area (Å²) in [5, 5.41) is 15.2. The molecule has 11 heteroatoms. The van der Waals surface area contributed by atoms with E-state index in [2.05, 4.69) is 25.4 Å². The van der Waals surface area contributed by atoms with Crippen molar-refractivity contribution in [1.82, 2.24) is 25.4 Å².